The molecule has 2 nitrogen and oxygen atoms in total. The Hall–Kier alpha value is -1.35. The highest BCUT2D eigenvalue weighted by Gasteiger charge is 2.11. The molecule has 0 amide bonds. The third-order valence-corrected chi connectivity index (χ3v) is 3.32. The van der Waals surface area contributed by atoms with E-state index in [-0.39, 0.29) is 0 Å². The van der Waals surface area contributed by atoms with Crippen LogP contribution in [-0.4, -0.2) is 11.5 Å². The Bertz CT molecular complexity index is 448. The Balaban J connectivity index is 2.09. The van der Waals surface area contributed by atoms with Crippen LogP contribution in [0.25, 0.3) is 10.6 Å². The molecular weight excluding hydrogens is 192 g/mol. The van der Waals surface area contributed by atoms with Gasteiger partial charge in [-0.15, -0.1) is 11.3 Å². The van der Waals surface area contributed by atoms with Crippen molar-refractivity contribution >= 4 is 17.0 Å². The van der Waals surface area contributed by atoms with Gasteiger partial charge in [-0.25, -0.2) is 4.98 Å². The normalized spacial score (nSPS) is 13.7. The van der Waals surface area contributed by atoms with Gasteiger partial charge in [0.15, 0.2) is 0 Å². The van der Waals surface area contributed by atoms with Crippen molar-refractivity contribution in [3.8, 4) is 10.6 Å². The van der Waals surface area contributed by atoms with E-state index in [9.17, 15) is 0 Å². The minimum atomic E-state index is 1.07. The number of rotatable bonds is 1. The van der Waals surface area contributed by atoms with Crippen LogP contribution in [0.4, 0.5) is 5.69 Å². The monoisotopic (exact) mass is 202 g/mol. The predicted molar refractivity (Wildman–Crippen MR) is 59.7 cm³/mol. The topological polar surface area (TPSA) is 24.9 Å². The van der Waals surface area contributed by atoms with E-state index in [1.54, 1.807) is 11.3 Å². The molecule has 0 bridgehead atoms. The van der Waals surface area contributed by atoms with Crippen LogP contribution in [0.3, 0.4) is 0 Å². The van der Waals surface area contributed by atoms with Gasteiger partial charge in [-0.3, -0.25) is 0 Å². The SMILES string of the molecule is c1csc(-c2ccc3c(c2)CCN3)n1. The van der Waals surface area contributed by atoms with Gasteiger partial charge in [-0.2, -0.15) is 0 Å². The van der Waals surface area contributed by atoms with Gasteiger partial charge in [0, 0.05) is 29.4 Å². The Morgan fingerprint density at radius 2 is 2.36 bits per heavy atom. The van der Waals surface area contributed by atoms with Crippen LogP contribution in [0.5, 0.6) is 0 Å². The molecule has 1 aliphatic rings. The summed E-state index contributed by atoms with van der Waals surface area (Å²) in [7, 11) is 0. The molecule has 0 spiro atoms. The Morgan fingerprint density at radius 3 is 3.21 bits per heavy atom. The lowest BCUT2D eigenvalue weighted by Crippen LogP contribution is -1.90. The number of thiazole rings is 1. The standard InChI is InChI=1S/C11H10N2S/c1-2-10-8(3-4-12-10)7-9(1)11-13-5-6-14-11/h1-2,5-7,12H,3-4H2. The maximum atomic E-state index is 4.31. The van der Waals surface area contributed by atoms with Gasteiger partial charge >= 0.3 is 0 Å². The summed E-state index contributed by atoms with van der Waals surface area (Å²) in [5, 5.41) is 6.48. The van der Waals surface area contributed by atoms with Crippen molar-refractivity contribution in [2.75, 3.05) is 11.9 Å². The van der Waals surface area contributed by atoms with E-state index in [1.165, 1.54) is 16.8 Å². The highest BCUT2D eigenvalue weighted by molar-refractivity contribution is 7.13. The zero-order chi connectivity index (χ0) is 9.38. The van der Waals surface area contributed by atoms with Crippen molar-refractivity contribution < 1.29 is 0 Å². The smallest absolute Gasteiger partial charge is 0.123 e. The summed E-state index contributed by atoms with van der Waals surface area (Å²) in [6, 6.07) is 6.53. The molecule has 0 atom stereocenters. The van der Waals surface area contributed by atoms with Crippen LogP contribution in [0.2, 0.25) is 0 Å². The number of fused-ring (bicyclic) bond motifs is 1. The molecule has 2 aromatic rings. The summed E-state index contributed by atoms with van der Waals surface area (Å²) >= 11 is 1.69. The Labute approximate surface area is 86.6 Å². The number of hydrogen-bond donors (Lipinski definition) is 1. The van der Waals surface area contributed by atoms with Crippen molar-refractivity contribution in [3.63, 3.8) is 0 Å². The highest BCUT2D eigenvalue weighted by atomic mass is 32.1. The second kappa shape index (κ2) is 3.10. The first-order valence-corrected chi connectivity index (χ1v) is 5.58. The predicted octanol–water partition coefficient (Wildman–Crippen LogP) is 2.78. The van der Waals surface area contributed by atoms with E-state index < -0.39 is 0 Å². The first kappa shape index (κ1) is 8.00. The van der Waals surface area contributed by atoms with Gasteiger partial charge in [-0.1, -0.05) is 0 Å². The van der Waals surface area contributed by atoms with Crippen molar-refractivity contribution in [1.29, 1.82) is 0 Å². The van der Waals surface area contributed by atoms with Crippen LogP contribution in [0.1, 0.15) is 5.56 Å². The summed E-state index contributed by atoms with van der Waals surface area (Å²) in [4.78, 5) is 4.31. The molecule has 14 heavy (non-hydrogen) atoms. The fourth-order valence-corrected chi connectivity index (χ4v) is 2.44. The molecule has 1 aromatic carbocycles. The number of nitrogens with zero attached hydrogens (tertiary/aromatic N) is 1. The number of nitrogens with one attached hydrogen (secondary N) is 1. The lowest BCUT2D eigenvalue weighted by atomic mass is 10.1. The van der Waals surface area contributed by atoms with Crippen LogP contribution >= 0.6 is 11.3 Å². The molecule has 0 fully saturated rings. The maximum absolute atomic E-state index is 4.31. The van der Waals surface area contributed by atoms with Crippen LogP contribution in [-0.2, 0) is 6.42 Å². The van der Waals surface area contributed by atoms with Gasteiger partial charge in [0.25, 0.3) is 0 Å². The number of anilines is 1. The summed E-state index contributed by atoms with van der Waals surface area (Å²) in [6.45, 7) is 1.07. The van der Waals surface area contributed by atoms with E-state index in [2.05, 4.69) is 28.5 Å². The van der Waals surface area contributed by atoms with Gasteiger partial charge in [-0.05, 0) is 30.2 Å². The lowest BCUT2D eigenvalue weighted by Gasteiger charge is -2.01. The third kappa shape index (κ3) is 1.21. The first-order valence-electron chi connectivity index (χ1n) is 4.70. The highest BCUT2D eigenvalue weighted by Crippen LogP contribution is 2.29. The molecule has 0 saturated heterocycles. The minimum absolute atomic E-state index is 1.07. The van der Waals surface area contributed by atoms with Crippen molar-refractivity contribution in [3.05, 3.63) is 35.3 Å². The van der Waals surface area contributed by atoms with E-state index >= 15 is 0 Å². The lowest BCUT2D eigenvalue weighted by molar-refractivity contribution is 1.11. The van der Waals surface area contributed by atoms with E-state index in [0.717, 1.165) is 18.0 Å². The Morgan fingerprint density at radius 1 is 1.36 bits per heavy atom. The van der Waals surface area contributed by atoms with E-state index in [0.29, 0.717) is 0 Å². The quantitative estimate of drug-likeness (QED) is 0.769. The molecule has 0 saturated carbocycles. The summed E-state index contributed by atoms with van der Waals surface area (Å²) in [5.41, 5.74) is 3.94. The zero-order valence-corrected chi connectivity index (χ0v) is 8.47. The average Bonchev–Trinajstić information content (AvgIpc) is 2.88. The fraction of sp³-hybridized carbons (Fsp3) is 0.182. The molecule has 0 unspecified atom stereocenters. The van der Waals surface area contributed by atoms with Crippen LogP contribution in [0.15, 0.2) is 29.8 Å². The van der Waals surface area contributed by atoms with Crippen LogP contribution in [0, 0.1) is 0 Å². The van der Waals surface area contributed by atoms with Gasteiger partial charge < -0.3 is 5.32 Å². The summed E-state index contributed by atoms with van der Waals surface area (Å²) < 4.78 is 0. The molecule has 2 heterocycles. The average molecular weight is 202 g/mol. The van der Waals surface area contributed by atoms with Gasteiger partial charge in [0.1, 0.15) is 5.01 Å². The molecule has 1 aliphatic heterocycles. The van der Waals surface area contributed by atoms with Crippen molar-refractivity contribution in [2.45, 2.75) is 6.42 Å². The fourth-order valence-electron chi connectivity index (χ4n) is 1.80. The molecule has 0 aliphatic carbocycles. The third-order valence-electron chi connectivity index (χ3n) is 2.49. The van der Waals surface area contributed by atoms with Crippen LogP contribution < -0.4 is 5.32 Å². The maximum Gasteiger partial charge on any atom is 0.123 e. The summed E-state index contributed by atoms with van der Waals surface area (Å²) in [5.74, 6) is 0. The van der Waals surface area contributed by atoms with Gasteiger partial charge in [0.2, 0.25) is 0 Å². The zero-order valence-electron chi connectivity index (χ0n) is 7.66. The van der Waals surface area contributed by atoms with E-state index in [4.69, 9.17) is 0 Å². The Kier molecular flexibility index (Phi) is 1.77. The molecule has 3 heteroatoms. The molecule has 70 valence electrons. The van der Waals surface area contributed by atoms with Crippen molar-refractivity contribution in [1.82, 2.24) is 4.98 Å². The second-order valence-electron chi connectivity index (χ2n) is 3.39. The summed E-state index contributed by atoms with van der Waals surface area (Å²) in [6.07, 6.45) is 2.99. The molecule has 1 aromatic heterocycles. The second-order valence-corrected chi connectivity index (χ2v) is 4.28. The largest absolute Gasteiger partial charge is 0.384 e. The number of hydrogen-bond acceptors (Lipinski definition) is 3. The molecular formula is C11H10N2S. The number of aromatic nitrogens is 1. The molecule has 1 N–H and O–H groups in total. The molecule has 3 rings (SSSR count). The number of benzene rings is 1. The minimum Gasteiger partial charge on any atom is -0.384 e. The van der Waals surface area contributed by atoms with Crippen molar-refractivity contribution in [2.24, 2.45) is 0 Å². The van der Waals surface area contributed by atoms with Gasteiger partial charge in [0.05, 0.1) is 0 Å². The molecule has 0 radical (unpaired) electrons. The van der Waals surface area contributed by atoms with E-state index in [1.807, 2.05) is 11.6 Å². The first-order chi connectivity index (χ1) is 6.93.